The molecule has 1 rings (SSSR count). The average Bonchev–Trinajstić information content (AvgIpc) is 2.17. The van der Waals surface area contributed by atoms with Crippen LogP contribution < -0.4 is 0 Å². The summed E-state index contributed by atoms with van der Waals surface area (Å²) < 4.78 is 0. The normalized spacial score (nSPS) is 13.6. The topological polar surface area (TPSA) is 17.1 Å². The van der Waals surface area contributed by atoms with Crippen LogP contribution in [0, 0.1) is 5.41 Å². The number of ketones is 1. The lowest BCUT2D eigenvalue weighted by molar-refractivity contribution is -0.126. The first-order valence-corrected chi connectivity index (χ1v) is 5.59. The van der Waals surface area contributed by atoms with Gasteiger partial charge in [-0.2, -0.15) is 0 Å². The van der Waals surface area contributed by atoms with Crippen LogP contribution in [0.15, 0.2) is 30.3 Å². The van der Waals surface area contributed by atoms with Crippen LogP contribution >= 0.6 is 11.6 Å². The van der Waals surface area contributed by atoms with Crippen molar-refractivity contribution in [2.75, 3.05) is 0 Å². The quantitative estimate of drug-likeness (QED) is 0.716. The smallest absolute Gasteiger partial charge is 0.156 e. The van der Waals surface area contributed by atoms with Crippen LogP contribution in [-0.2, 0) is 11.2 Å². The van der Waals surface area contributed by atoms with Crippen LogP contribution in [0.1, 0.15) is 26.3 Å². The van der Waals surface area contributed by atoms with Gasteiger partial charge in [0.2, 0.25) is 0 Å². The van der Waals surface area contributed by atoms with E-state index < -0.39 is 5.38 Å². The van der Waals surface area contributed by atoms with Crippen molar-refractivity contribution in [1.29, 1.82) is 0 Å². The molecule has 1 aromatic rings. The van der Waals surface area contributed by atoms with Gasteiger partial charge in [0.15, 0.2) is 5.78 Å². The van der Waals surface area contributed by atoms with E-state index in [0.717, 1.165) is 6.42 Å². The van der Waals surface area contributed by atoms with Gasteiger partial charge in [0, 0.05) is 5.41 Å². The first kappa shape index (κ1) is 12.3. The van der Waals surface area contributed by atoms with Gasteiger partial charge in [0.05, 0.1) is 5.38 Å². The summed E-state index contributed by atoms with van der Waals surface area (Å²) in [5, 5.41) is -0.413. The van der Waals surface area contributed by atoms with Gasteiger partial charge in [0.25, 0.3) is 0 Å². The maximum absolute atomic E-state index is 11.8. The van der Waals surface area contributed by atoms with Gasteiger partial charge >= 0.3 is 0 Å². The molecular formula is C13H17ClO. The molecule has 0 fully saturated rings. The molecule has 2 heteroatoms. The summed E-state index contributed by atoms with van der Waals surface area (Å²) >= 11 is 5.83. The van der Waals surface area contributed by atoms with E-state index in [-0.39, 0.29) is 11.2 Å². The van der Waals surface area contributed by atoms with Crippen LogP contribution in [0.2, 0.25) is 0 Å². The van der Waals surface area contributed by atoms with E-state index in [4.69, 9.17) is 11.6 Å². The number of benzene rings is 1. The molecule has 0 aromatic heterocycles. The Labute approximate surface area is 96.5 Å². The van der Waals surface area contributed by atoms with Gasteiger partial charge in [0.1, 0.15) is 0 Å². The zero-order valence-electron chi connectivity index (χ0n) is 9.46. The highest BCUT2D eigenvalue weighted by molar-refractivity contribution is 6.31. The molecule has 0 aliphatic carbocycles. The van der Waals surface area contributed by atoms with Crippen LogP contribution in [0.4, 0.5) is 0 Å². The standard InChI is InChI=1S/C13H17ClO/c1-10(14)12(15)13(2,3)9-11-7-5-4-6-8-11/h4-8,10H,9H2,1-3H3. The van der Waals surface area contributed by atoms with Crippen molar-refractivity contribution in [3.8, 4) is 0 Å². The minimum Gasteiger partial charge on any atom is -0.297 e. The molecule has 0 saturated carbocycles. The number of alkyl halides is 1. The molecule has 0 bridgehead atoms. The first-order chi connectivity index (χ1) is 6.93. The summed E-state index contributed by atoms with van der Waals surface area (Å²) in [6, 6.07) is 10.0. The number of Topliss-reactive ketones (excluding diaryl/α,β-unsaturated/α-hetero) is 1. The zero-order valence-corrected chi connectivity index (χ0v) is 10.2. The predicted octanol–water partition coefficient (Wildman–Crippen LogP) is 3.45. The fourth-order valence-electron chi connectivity index (χ4n) is 1.73. The highest BCUT2D eigenvalue weighted by atomic mass is 35.5. The molecule has 82 valence electrons. The van der Waals surface area contributed by atoms with Crippen molar-refractivity contribution in [2.45, 2.75) is 32.6 Å². The fourth-order valence-corrected chi connectivity index (χ4v) is 2.03. The average molecular weight is 225 g/mol. The molecule has 0 aliphatic heterocycles. The molecular weight excluding hydrogens is 208 g/mol. The number of hydrogen-bond donors (Lipinski definition) is 0. The molecule has 1 unspecified atom stereocenters. The van der Waals surface area contributed by atoms with Gasteiger partial charge in [-0.25, -0.2) is 0 Å². The first-order valence-electron chi connectivity index (χ1n) is 5.16. The number of halogens is 1. The molecule has 1 atom stereocenters. The molecule has 0 aliphatic rings. The van der Waals surface area contributed by atoms with E-state index in [1.807, 2.05) is 44.2 Å². The van der Waals surface area contributed by atoms with E-state index in [0.29, 0.717) is 0 Å². The minimum absolute atomic E-state index is 0.105. The predicted molar refractivity (Wildman–Crippen MR) is 64.2 cm³/mol. The maximum atomic E-state index is 11.8. The number of carbonyl (C=O) groups is 1. The Balaban J connectivity index is 2.77. The molecule has 1 nitrogen and oxygen atoms in total. The largest absolute Gasteiger partial charge is 0.297 e. The van der Waals surface area contributed by atoms with Crippen LogP contribution in [0.25, 0.3) is 0 Å². The molecule has 1 aromatic carbocycles. The summed E-state index contributed by atoms with van der Waals surface area (Å²) in [5.41, 5.74) is 0.788. The fraction of sp³-hybridized carbons (Fsp3) is 0.462. The van der Waals surface area contributed by atoms with Crippen molar-refractivity contribution in [2.24, 2.45) is 5.41 Å². The highest BCUT2D eigenvalue weighted by Crippen LogP contribution is 2.25. The lowest BCUT2D eigenvalue weighted by atomic mass is 9.80. The maximum Gasteiger partial charge on any atom is 0.156 e. The van der Waals surface area contributed by atoms with Crippen molar-refractivity contribution in [3.63, 3.8) is 0 Å². The highest BCUT2D eigenvalue weighted by Gasteiger charge is 2.30. The second-order valence-corrected chi connectivity index (χ2v) is 5.18. The lowest BCUT2D eigenvalue weighted by Gasteiger charge is -2.24. The van der Waals surface area contributed by atoms with E-state index in [1.165, 1.54) is 5.56 Å². The summed E-state index contributed by atoms with van der Waals surface area (Å²) in [4.78, 5) is 11.8. The van der Waals surface area contributed by atoms with Crippen molar-refractivity contribution in [3.05, 3.63) is 35.9 Å². The molecule has 0 spiro atoms. The molecule has 0 N–H and O–H groups in total. The lowest BCUT2D eigenvalue weighted by Crippen LogP contribution is -2.32. The zero-order chi connectivity index (χ0) is 11.5. The Morgan fingerprint density at radius 3 is 2.33 bits per heavy atom. The molecule has 0 heterocycles. The number of carbonyl (C=O) groups excluding carboxylic acids is 1. The van der Waals surface area contributed by atoms with Crippen molar-refractivity contribution >= 4 is 17.4 Å². The number of rotatable bonds is 4. The van der Waals surface area contributed by atoms with Gasteiger partial charge < -0.3 is 0 Å². The van der Waals surface area contributed by atoms with E-state index in [2.05, 4.69) is 0 Å². The van der Waals surface area contributed by atoms with E-state index >= 15 is 0 Å². The Hall–Kier alpha value is -0.820. The second-order valence-electron chi connectivity index (χ2n) is 4.53. The third-order valence-corrected chi connectivity index (χ3v) is 2.72. The van der Waals surface area contributed by atoms with Gasteiger partial charge in [-0.05, 0) is 18.9 Å². The Kier molecular flexibility index (Phi) is 3.92. The Bertz CT molecular complexity index is 328. The Morgan fingerprint density at radius 2 is 1.87 bits per heavy atom. The van der Waals surface area contributed by atoms with Gasteiger partial charge in [-0.3, -0.25) is 4.79 Å². The van der Waals surface area contributed by atoms with Gasteiger partial charge in [-0.1, -0.05) is 44.2 Å². The molecule has 0 saturated heterocycles. The van der Waals surface area contributed by atoms with Crippen LogP contribution in [0.5, 0.6) is 0 Å². The summed E-state index contributed by atoms with van der Waals surface area (Å²) in [5.74, 6) is 0.105. The van der Waals surface area contributed by atoms with E-state index in [9.17, 15) is 4.79 Å². The van der Waals surface area contributed by atoms with E-state index in [1.54, 1.807) is 6.92 Å². The van der Waals surface area contributed by atoms with Crippen LogP contribution in [0.3, 0.4) is 0 Å². The minimum atomic E-state index is -0.413. The second kappa shape index (κ2) is 4.80. The molecule has 15 heavy (non-hydrogen) atoms. The third-order valence-electron chi connectivity index (χ3n) is 2.52. The SMILES string of the molecule is CC(Cl)C(=O)C(C)(C)Cc1ccccc1. The number of hydrogen-bond acceptors (Lipinski definition) is 1. The summed E-state index contributed by atoms with van der Waals surface area (Å²) in [6.07, 6.45) is 0.740. The van der Waals surface area contributed by atoms with Gasteiger partial charge in [-0.15, -0.1) is 11.6 Å². The molecule has 0 radical (unpaired) electrons. The molecule has 0 amide bonds. The third kappa shape index (κ3) is 3.35. The summed E-state index contributed by atoms with van der Waals surface area (Å²) in [6.45, 7) is 5.62. The monoisotopic (exact) mass is 224 g/mol. The Morgan fingerprint density at radius 1 is 1.33 bits per heavy atom. The summed E-state index contributed by atoms with van der Waals surface area (Å²) in [7, 11) is 0. The van der Waals surface area contributed by atoms with Crippen LogP contribution in [-0.4, -0.2) is 11.2 Å². The van der Waals surface area contributed by atoms with Crippen molar-refractivity contribution < 1.29 is 4.79 Å². The van der Waals surface area contributed by atoms with Crippen molar-refractivity contribution in [1.82, 2.24) is 0 Å².